The standard InChI is InChI=1S/C66H108N26O25/c1-29(79-54(106)32(4)81-56(108)35(11-7-19-74-65(70)71)89-58(110)39(23-49(99)100)87-45(95)25-67)51(103)76-26-46(96)85-37(15-17-43(68)93)62(114)91-21-9-13-41(91)60(112)83-31(3)53(105)78-28-48(98)88-40(24-50(101)102)59(111)90-36(12-8-20-75-66(72)73)57(109)82-33(5)55(107)80-30(2)52(104)77-27-47(97)86-38(16-18-44(69)94)63(115)92-22-10-14-42(92)61(113)84-34(6)64(116)117/h29-42H,7-28,67H2,1-6H3,(H2,68,93)(H2,69,94)(H,76,103)(H,77,104)(H,78,105)(H,79,106)(H,80,107)(H,81,108)(H,82,109)(H,83,112)(H,84,113)(H,85,96)(H,86,97)(H,87,95)(H,88,98)(H,89,110)(H,90,111)(H,99,100)(H,101,102)(H,116,117)(H4,70,71,74)(H4,72,73,75)/t29-,30-,31-,32-,33-,34-,35-,36-,37-,38-,39-,40-,41-,42-/m0/s1. The lowest BCUT2D eigenvalue weighted by atomic mass is 10.1. The maximum Gasteiger partial charge on any atom is 0.325 e. The van der Waals surface area contributed by atoms with Gasteiger partial charge in [-0.1, -0.05) is 0 Å². The third kappa shape index (κ3) is 37.1. The summed E-state index contributed by atoms with van der Waals surface area (Å²) in [6.07, 6.45) is -3.31. The van der Waals surface area contributed by atoms with Gasteiger partial charge < -0.3 is 144 Å². The summed E-state index contributed by atoms with van der Waals surface area (Å²) in [5.41, 5.74) is 26.6. The summed E-state index contributed by atoms with van der Waals surface area (Å²) >= 11 is 0. The molecule has 2 aliphatic rings. The first kappa shape index (κ1) is 99.9. The molecule has 0 aromatic carbocycles. The summed E-state index contributed by atoms with van der Waals surface area (Å²) in [6.45, 7) is 3.88. The number of carbonyl (C=O) groups excluding carboxylic acids is 19. The van der Waals surface area contributed by atoms with Crippen LogP contribution in [0.2, 0.25) is 0 Å². The Hall–Kier alpha value is -13.2. The molecule has 0 spiro atoms. The van der Waals surface area contributed by atoms with E-state index in [1.54, 1.807) is 0 Å². The van der Waals surface area contributed by atoms with Crippen LogP contribution >= 0.6 is 0 Å². The Morgan fingerprint density at radius 1 is 0.359 bits per heavy atom. The predicted octanol–water partition coefficient (Wildman–Crippen LogP) is -13.7. The molecule has 0 unspecified atom stereocenters. The number of rotatable bonds is 51. The lowest BCUT2D eigenvalue weighted by Gasteiger charge is -2.29. The van der Waals surface area contributed by atoms with Crippen LogP contribution < -0.4 is 119 Å². The maximum atomic E-state index is 14.1. The largest absolute Gasteiger partial charge is 0.481 e. The first-order valence-corrected chi connectivity index (χ1v) is 36.9. The number of carboxylic acids is 3. The van der Waals surface area contributed by atoms with Crippen molar-refractivity contribution in [3.63, 3.8) is 0 Å². The van der Waals surface area contributed by atoms with E-state index in [1.165, 1.54) is 41.5 Å². The smallest absolute Gasteiger partial charge is 0.325 e. The number of carbonyl (C=O) groups is 22. The number of hydrogen-bond donors (Lipinski definition) is 27. The fourth-order valence-corrected chi connectivity index (χ4v) is 11.3. The molecule has 2 heterocycles. The van der Waals surface area contributed by atoms with Gasteiger partial charge >= 0.3 is 17.9 Å². The molecule has 19 amide bonds. The van der Waals surface area contributed by atoms with Gasteiger partial charge in [-0.25, -0.2) is 0 Å². The highest BCUT2D eigenvalue weighted by Crippen LogP contribution is 2.22. The van der Waals surface area contributed by atoms with Crippen molar-refractivity contribution in [1.29, 1.82) is 10.8 Å². The molecule has 0 radical (unpaired) electrons. The predicted molar refractivity (Wildman–Crippen MR) is 402 cm³/mol. The fraction of sp³-hybridized carbons (Fsp3) is 0.636. The number of nitrogens with one attached hydrogen (secondary N) is 19. The molecule has 652 valence electrons. The third-order valence-corrected chi connectivity index (χ3v) is 17.5. The SMILES string of the molecule is C[C@H](NC(=O)[C@@H]1CCCN1C(=O)[C@H](CCC(N)=O)NC(=O)CNC(=O)[C@H](C)NC(=O)[C@H](C)NC(=O)[C@H](CCCNC(=N)N)NC(=O)[C@H](CC(=O)O)NC(=O)CNC(=O)[C@H](C)NC(=O)[C@@H]1CCCN1C(=O)[C@H](CCC(N)=O)NC(=O)CNC(=O)[C@H](C)NC(=O)[C@H](C)NC(=O)[C@H](CCCNC(=N)N)NC(=O)[C@H](CC(=O)O)NC(=O)CN)C(=O)O. The molecule has 2 fully saturated rings. The fourth-order valence-electron chi connectivity index (χ4n) is 11.3. The van der Waals surface area contributed by atoms with Crippen molar-refractivity contribution in [1.82, 2.24) is 100 Å². The number of aliphatic carboxylic acids is 3. The average molecular weight is 1670 g/mol. The van der Waals surface area contributed by atoms with E-state index in [0.717, 1.165) is 9.80 Å². The highest BCUT2D eigenvalue weighted by Gasteiger charge is 2.42. The third-order valence-electron chi connectivity index (χ3n) is 17.5. The number of primary amides is 2. The van der Waals surface area contributed by atoms with E-state index in [2.05, 4.69) is 90.4 Å². The highest BCUT2D eigenvalue weighted by atomic mass is 16.4. The topological polar surface area (TPSA) is 825 Å². The molecule has 0 saturated carbocycles. The molecular formula is C66H108N26O25. The maximum absolute atomic E-state index is 14.1. The van der Waals surface area contributed by atoms with Crippen LogP contribution in [0.3, 0.4) is 0 Å². The first-order valence-electron chi connectivity index (χ1n) is 36.9. The van der Waals surface area contributed by atoms with Gasteiger partial charge in [0.1, 0.15) is 84.6 Å². The van der Waals surface area contributed by atoms with Crippen molar-refractivity contribution in [2.75, 3.05) is 52.4 Å². The van der Waals surface area contributed by atoms with E-state index in [-0.39, 0.29) is 77.5 Å². The molecule has 2 saturated heterocycles. The van der Waals surface area contributed by atoms with Gasteiger partial charge in [-0.05, 0) is 106 Å². The van der Waals surface area contributed by atoms with Crippen LogP contribution in [0.25, 0.3) is 0 Å². The van der Waals surface area contributed by atoms with E-state index in [4.69, 9.17) is 39.5 Å². The zero-order valence-corrected chi connectivity index (χ0v) is 65.2. The summed E-state index contributed by atoms with van der Waals surface area (Å²) in [6, 6.07) is -20.7. The Labute approximate surface area is 668 Å². The van der Waals surface area contributed by atoms with Crippen molar-refractivity contribution in [2.45, 2.75) is 216 Å². The van der Waals surface area contributed by atoms with Gasteiger partial charge in [0, 0.05) is 39.0 Å². The van der Waals surface area contributed by atoms with E-state index in [1.807, 2.05) is 0 Å². The molecule has 0 aromatic heterocycles. The van der Waals surface area contributed by atoms with E-state index >= 15 is 0 Å². The molecule has 2 aliphatic heterocycles. The van der Waals surface area contributed by atoms with Gasteiger partial charge in [0.2, 0.25) is 112 Å². The second kappa shape index (κ2) is 50.1. The van der Waals surface area contributed by atoms with Crippen molar-refractivity contribution in [3.8, 4) is 0 Å². The highest BCUT2D eigenvalue weighted by molar-refractivity contribution is 6.01. The number of likely N-dealkylation sites (tertiary alicyclic amines) is 2. The van der Waals surface area contributed by atoms with Crippen molar-refractivity contribution < 1.29 is 121 Å². The number of carboxylic acid groups (broad SMARTS) is 3. The molecule has 2 rings (SSSR count). The lowest BCUT2D eigenvalue weighted by Crippen LogP contribution is -2.58. The zero-order chi connectivity index (χ0) is 88.7. The van der Waals surface area contributed by atoms with Gasteiger partial charge in [-0.15, -0.1) is 0 Å². The summed E-state index contributed by atoms with van der Waals surface area (Å²) in [7, 11) is 0. The minimum Gasteiger partial charge on any atom is -0.481 e. The van der Waals surface area contributed by atoms with Crippen LogP contribution in [-0.2, 0) is 105 Å². The Morgan fingerprint density at radius 3 is 0.974 bits per heavy atom. The molecule has 0 aromatic rings. The van der Waals surface area contributed by atoms with E-state index in [0.29, 0.717) is 6.42 Å². The van der Waals surface area contributed by atoms with Crippen LogP contribution in [0, 0.1) is 10.8 Å². The second-order valence-corrected chi connectivity index (χ2v) is 27.2. The number of amides is 19. The number of guanidine groups is 2. The van der Waals surface area contributed by atoms with Crippen molar-refractivity contribution in [2.24, 2.45) is 28.7 Å². The molecule has 14 atom stereocenters. The number of hydrogen-bond acceptors (Lipinski definition) is 25. The quantitative estimate of drug-likeness (QED) is 0.0153. The summed E-state index contributed by atoms with van der Waals surface area (Å²) < 4.78 is 0. The Balaban J connectivity index is 2.10. The zero-order valence-electron chi connectivity index (χ0n) is 65.2. The van der Waals surface area contributed by atoms with Crippen LogP contribution in [0.5, 0.6) is 0 Å². The molecule has 117 heavy (non-hydrogen) atoms. The monoisotopic (exact) mass is 1660 g/mol. The number of nitrogens with zero attached hydrogens (tertiary/aromatic N) is 2. The summed E-state index contributed by atoms with van der Waals surface area (Å²) in [5.74, 6) is -23.9. The van der Waals surface area contributed by atoms with Gasteiger partial charge in [0.25, 0.3) is 0 Å². The molecule has 0 bridgehead atoms. The van der Waals surface area contributed by atoms with Gasteiger partial charge in [0.05, 0.1) is 39.0 Å². The average Bonchev–Trinajstić information content (AvgIpc) is 1.70. The first-order chi connectivity index (χ1) is 54.8. The summed E-state index contributed by atoms with van der Waals surface area (Å²) in [5, 5.41) is 82.4. The van der Waals surface area contributed by atoms with Gasteiger partial charge in [0.15, 0.2) is 11.9 Å². The molecule has 51 heteroatoms. The Morgan fingerprint density at radius 2 is 0.658 bits per heavy atom. The van der Waals surface area contributed by atoms with Crippen LogP contribution in [0.1, 0.15) is 131 Å². The minimum absolute atomic E-state index is 0.00629. The normalized spacial score (nSPS) is 16.4. The van der Waals surface area contributed by atoms with Crippen LogP contribution in [0.4, 0.5) is 0 Å². The summed E-state index contributed by atoms with van der Waals surface area (Å²) in [4.78, 5) is 287. The van der Waals surface area contributed by atoms with Crippen LogP contribution in [0.15, 0.2) is 0 Å². The second-order valence-electron chi connectivity index (χ2n) is 27.2. The Kier molecular flexibility index (Phi) is 42.8. The molecule has 0 aliphatic carbocycles. The van der Waals surface area contributed by atoms with Gasteiger partial charge in [-0.3, -0.25) is 116 Å². The number of nitrogens with two attached hydrogens (primary N) is 5. The molecule has 32 N–H and O–H groups in total. The van der Waals surface area contributed by atoms with Crippen LogP contribution in [-0.4, -0.2) is 304 Å². The Bertz CT molecular complexity index is 3700. The van der Waals surface area contributed by atoms with E-state index < -0.39 is 285 Å². The van der Waals surface area contributed by atoms with Gasteiger partial charge in [-0.2, -0.15) is 0 Å². The molecule has 51 nitrogen and oxygen atoms in total. The molecular weight excluding hydrogens is 1560 g/mol. The van der Waals surface area contributed by atoms with Crippen molar-refractivity contribution >= 4 is 142 Å². The van der Waals surface area contributed by atoms with E-state index in [9.17, 15) is 121 Å². The lowest BCUT2D eigenvalue weighted by molar-refractivity contribution is -0.144. The minimum atomic E-state index is -1.96. The van der Waals surface area contributed by atoms with Crippen molar-refractivity contribution in [3.05, 3.63) is 0 Å².